The van der Waals surface area contributed by atoms with Crippen LogP contribution >= 0.6 is 11.6 Å². The highest BCUT2D eigenvalue weighted by Gasteiger charge is 2.34. The van der Waals surface area contributed by atoms with Gasteiger partial charge in [-0.2, -0.15) is 13.2 Å². The maximum atomic E-state index is 12.9. The highest BCUT2D eigenvalue weighted by atomic mass is 35.5. The Labute approximate surface area is 115 Å². The van der Waals surface area contributed by atoms with E-state index in [1.165, 1.54) is 12.1 Å². The van der Waals surface area contributed by atoms with Crippen molar-refractivity contribution in [2.24, 2.45) is 5.41 Å². The molecule has 1 aromatic carbocycles. The molecule has 2 N–H and O–H groups in total. The van der Waals surface area contributed by atoms with E-state index in [1.54, 1.807) is 0 Å². The fourth-order valence-corrected chi connectivity index (χ4v) is 1.68. The molecule has 6 heteroatoms. The van der Waals surface area contributed by atoms with E-state index in [0.717, 1.165) is 6.07 Å². The van der Waals surface area contributed by atoms with Gasteiger partial charge in [-0.05, 0) is 24.6 Å². The molecule has 0 radical (unpaired) electrons. The van der Waals surface area contributed by atoms with Crippen molar-refractivity contribution in [2.45, 2.75) is 26.4 Å². The molecule has 0 aliphatic heterocycles. The lowest BCUT2D eigenvalue weighted by Gasteiger charge is -2.27. The SMILES string of the molecule is CCC(C)(CO)CNc1ccc(Cl)cc1C(F)(F)F. The Bertz CT molecular complexity index is 430. The average molecular weight is 296 g/mol. The van der Waals surface area contributed by atoms with Gasteiger partial charge in [-0.25, -0.2) is 0 Å². The third-order valence-electron chi connectivity index (χ3n) is 3.23. The molecule has 0 saturated carbocycles. The number of hydrogen-bond acceptors (Lipinski definition) is 2. The Balaban J connectivity index is 2.96. The number of hydrogen-bond donors (Lipinski definition) is 2. The molecule has 0 saturated heterocycles. The van der Waals surface area contributed by atoms with Gasteiger partial charge in [0.25, 0.3) is 0 Å². The van der Waals surface area contributed by atoms with Crippen molar-refractivity contribution < 1.29 is 18.3 Å². The normalized spacial score (nSPS) is 15.1. The third-order valence-corrected chi connectivity index (χ3v) is 3.46. The van der Waals surface area contributed by atoms with E-state index in [0.29, 0.717) is 6.42 Å². The van der Waals surface area contributed by atoms with Crippen LogP contribution in [0.3, 0.4) is 0 Å². The summed E-state index contributed by atoms with van der Waals surface area (Å²) >= 11 is 5.60. The maximum absolute atomic E-state index is 12.9. The predicted molar refractivity (Wildman–Crippen MR) is 70.4 cm³/mol. The van der Waals surface area contributed by atoms with Gasteiger partial charge in [0.2, 0.25) is 0 Å². The molecule has 1 unspecified atom stereocenters. The molecule has 1 aromatic rings. The van der Waals surface area contributed by atoms with Crippen LogP contribution in [0.15, 0.2) is 18.2 Å². The van der Waals surface area contributed by atoms with E-state index in [-0.39, 0.29) is 23.9 Å². The average Bonchev–Trinajstić information content (AvgIpc) is 2.36. The topological polar surface area (TPSA) is 32.3 Å². The lowest BCUT2D eigenvalue weighted by molar-refractivity contribution is -0.137. The van der Waals surface area contributed by atoms with E-state index in [9.17, 15) is 18.3 Å². The zero-order chi connectivity index (χ0) is 14.7. The van der Waals surface area contributed by atoms with Crippen molar-refractivity contribution in [1.29, 1.82) is 0 Å². The first-order valence-electron chi connectivity index (χ1n) is 5.93. The first-order valence-corrected chi connectivity index (χ1v) is 6.31. The standard InChI is InChI=1S/C13H17ClF3NO/c1-3-12(2,8-19)7-18-11-5-4-9(14)6-10(11)13(15,16)17/h4-6,18-19H,3,7-8H2,1-2H3. The summed E-state index contributed by atoms with van der Waals surface area (Å²) in [4.78, 5) is 0. The van der Waals surface area contributed by atoms with Crippen molar-refractivity contribution in [3.63, 3.8) is 0 Å². The van der Waals surface area contributed by atoms with E-state index in [1.807, 2.05) is 13.8 Å². The summed E-state index contributed by atoms with van der Waals surface area (Å²) in [6, 6.07) is 3.60. The molecular weight excluding hydrogens is 279 g/mol. The smallest absolute Gasteiger partial charge is 0.396 e. The Morgan fingerprint density at radius 1 is 1.32 bits per heavy atom. The molecule has 2 nitrogen and oxygen atoms in total. The summed E-state index contributed by atoms with van der Waals surface area (Å²) in [5, 5.41) is 12.0. The lowest BCUT2D eigenvalue weighted by atomic mass is 9.88. The molecule has 0 aliphatic carbocycles. The third kappa shape index (κ3) is 4.28. The Kier molecular flexibility index (Phi) is 5.10. The minimum absolute atomic E-state index is 0.0231. The molecule has 108 valence electrons. The van der Waals surface area contributed by atoms with Crippen LogP contribution in [0, 0.1) is 5.41 Å². The molecule has 0 heterocycles. The van der Waals surface area contributed by atoms with Crippen LogP contribution < -0.4 is 5.32 Å². The molecule has 0 fully saturated rings. The van der Waals surface area contributed by atoms with Crippen molar-refractivity contribution >= 4 is 17.3 Å². The van der Waals surface area contributed by atoms with Gasteiger partial charge in [0.1, 0.15) is 0 Å². The second-order valence-corrected chi connectivity index (χ2v) is 5.30. The van der Waals surface area contributed by atoms with E-state index in [2.05, 4.69) is 5.32 Å². The summed E-state index contributed by atoms with van der Waals surface area (Å²) in [6.45, 7) is 3.85. The van der Waals surface area contributed by atoms with Crippen LogP contribution in [0.5, 0.6) is 0 Å². The van der Waals surface area contributed by atoms with Gasteiger partial charge in [-0.1, -0.05) is 25.4 Å². The lowest BCUT2D eigenvalue weighted by Crippen LogP contribution is -2.30. The zero-order valence-electron chi connectivity index (χ0n) is 10.8. The minimum atomic E-state index is -4.46. The van der Waals surface area contributed by atoms with E-state index >= 15 is 0 Å². The number of nitrogens with one attached hydrogen (secondary N) is 1. The van der Waals surface area contributed by atoms with Crippen LogP contribution in [0.4, 0.5) is 18.9 Å². The van der Waals surface area contributed by atoms with Crippen LogP contribution in [0.25, 0.3) is 0 Å². The molecular formula is C13H17ClF3NO. The van der Waals surface area contributed by atoms with Crippen molar-refractivity contribution in [1.82, 2.24) is 0 Å². The maximum Gasteiger partial charge on any atom is 0.418 e. The number of alkyl halides is 3. The second kappa shape index (κ2) is 6.01. The molecule has 1 atom stereocenters. The Morgan fingerprint density at radius 3 is 2.42 bits per heavy atom. The van der Waals surface area contributed by atoms with Crippen LogP contribution in [0.1, 0.15) is 25.8 Å². The summed E-state index contributed by atoms with van der Waals surface area (Å²) in [7, 11) is 0. The Hall–Kier alpha value is -0.940. The molecule has 0 aliphatic rings. The Morgan fingerprint density at radius 2 is 1.95 bits per heavy atom. The summed E-state index contributed by atoms with van der Waals surface area (Å²) in [6.07, 6.45) is -3.81. The number of rotatable bonds is 5. The van der Waals surface area contributed by atoms with Gasteiger partial charge in [-0.3, -0.25) is 0 Å². The molecule has 0 bridgehead atoms. The van der Waals surface area contributed by atoms with Crippen molar-refractivity contribution in [2.75, 3.05) is 18.5 Å². The van der Waals surface area contributed by atoms with Crippen molar-refractivity contribution in [3.05, 3.63) is 28.8 Å². The minimum Gasteiger partial charge on any atom is -0.396 e. The number of halogens is 4. The number of benzene rings is 1. The first kappa shape index (κ1) is 16.1. The fourth-order valence-electron chi connectivity index (χ4n) is 1.51. The van der Waals surface area contributed by atoms with Crippen LogP contribution in [0.2, 0.25) is 5.02 Å². The van der Waals surface area contributed by atoms with Gasteiger partial charge >= 0.3 is 6.18 Å². The van der Waals surface area contributed by atoms with E-state index in [4.69, 9.17) is 11.6 Å². The second-order valence-electron chi connectivity index (χ2n) is 4.86. The summed E-state index contributed by atoms with van der Waals surface area (Å²) < 4.78 is 38.6. The molecule has 1 rings (SSSR count). The monoisotopic (exact) mass is 295 g/mol. The zero-order valence-corrected chi connectivity index (χ0v) is 11.6. The highest BCUT2D eigenvalue weighted by Crippen LogP contribution is 2.37. The number of aliphatic hydroxyl groups excluding tert-OH is 1. The molecule has 0 amide bonds. The highest BCUT2D eigenvalue weighted by molar-refractivity contribution is 6.30. The summed E-state index contributed by atoms with van der Waals surface area (Å²) in [5.74, 6) is 0. The van der Waals surface area contributed by atoms with Gasteiger partial charge < -0.3 is 10.4 Å². The molecule has 0 aromatic heterocycles. The van der Waals surface area contributed by atoms with Crippen LogP contribution in [-0.4, -0.2) is 18.3 Å². The first-order chi connectivity index (χ1) is 8.72. The number of aliphatic hydroxyl groups is 1. The van der Waals surface area contributed by atoms with Crippen molar-refractivity contribution in [3.8, 4) is 0 Å². The van der Waals surface area contributed by atoms with E-state index < -0.39 is 17.2 Å². The van der Waals surface area contributed by atoms with Gasteiger partial charge in [-0.15, -0.1) is 0 Å². The fraction of sp³-hybridized carbons (Fsp3) is 0.538. The van der Waals surface area contributed by atoms with Gasteiger partial charge in [0.15, 0.2) is 0 Å². The largest absolute Gasteiger partial charge is 0.418 e. The summed E-state index contributed by atoms with van der Waals surface area (Å²) in [5.41, 5.74) is -1.27. The quantitative estimate of drug-likeness (QED) is 0.854. The van der Waals surface area contributed by atoms with Gasteiger partial charge in [0, 0.05) is 22.7 Å². The molecule has 19 heavy (non-hydrogen) atoms. The molecule has 0 spiro atoms. The van der Waals surface area contributed by atoms with Gasteiger partial charge in [0.05, 0.1) is 12.2 Å². The predicted octanol–water partition coefficient (Wildman–Crippen LogP) is 4.18. The van der Waals surface area contributed by atoms with Crippen LogP contribution in [-0.2, 0) is 6.18 Å². The number of anilines is 1.